The van der Waals surface area contributed by atoms with E-state index in [0.717, 1.165) is 12.0 Å². The highest BCUT2D eigenvalue weighted by atomic mass is 32.2. The molecule has 0 amide bonds. The molecule has 0 saturated carbocycles. The molecule has 0 saturated heterocycles. The van der Waals surface area contributed by atoms with Gasteiger partial charge in [0, 0.05) is 12.5 Å². The summed E-state index contributed by atoms with van der Waals surface area (Å²) < 4.78 is 0. The van der Waals surface area contributed by atoms with Crippen LogP contribution in [0.4, 0.5) is 0 Å². The molecule has 0 aromatic heterocycles. The normalized spacial score (nSPS) is 9.20. The van der Waals surface area contributed by atoms with Gasteiger partial charge in [0.15, 0.2) is 5.12 Å². The van der Waals surface area contributed by atoms with E-state index in [4.69, 9.17) is 0 Å². The van der Waals surface area contributed by atoms with E-state index in [9.17, 15) is 4.79 Å². The van der Waals surface area contributed by atoms with Gasteiger partial charge in [-0.15, -0.1) is 0 Å². The molecule has 1 aromatic carbocycles. The second kappa shape index (κ2) is 6.31. The lowest BCUT2D eigenvalue weighted by Gasteiger charge is -1.94. The van der Waals surface area contributed by atoms with Crippen molar-refractivity contribution in [3.8, 4) is 11.8 Å². The van der Waals surface area contributed by atoms with Gasteiger partial charge in [0.2, 0.25) is 0 Å². The van der Waals surface area contributed by atoms with Gasteiger partial charge in [-0.3, -0.25) is 4.79 Å². The van der Waals surface area contributed by atoms with Crippen LogP contribution in [0.15, 0.2) is 24.3 Å². The Morgan fingerprint density at radius 2 is 2.00 bits per heavy atom. The second-order valence-corrected chi connectivity index (χ2v) is 4.28. The lowest BCUT2D eigenvalue weighted by molar-refractivity contribution is -0.109. The third kappa shape index (κ3) is 4.71. The number of rotatable bonds is 2. The van der Waals surface area contributed by atoms with Crippen LogP contribution in [0.25, 0.3) is 0 Å². The smallest absolute Gasteiger partial charge is 0.186 e. The number of hydrogen-bond donors (Lipinski definition) is 0. The first kappa shape index (κ1) is 11.9. The summed E-state index contributed by atoms with van der Waals surface area (Å²) in [6.45, 7) is 3.69. The van der Waals surface area contributed by atoms with Crippen LogP contribution in [-0.4, -0.2) is 10.9 Å². The maximum Gasteiger partial charge on any atom is 0.186 e. The largest absolute Gasteiger partial charge is 0.288 e. The highest BCUT2D eigenvalue weighted by Gasteiger charge is 1.90. The van der Waals surface area contributed by atoms with Crippen molar-refractivity contribution in [3.63, 3.8) is 0 Å². The van der Waals surface area contributed by atoms with E-state index in [2.05, 4.69) is 30.9 Å². The van der Waals surface area contributed by atoms with Gasteiger partial charge in [0.25, 0.3) is 0 Å². The Labute approximate surface area is 95.3 Å². The predicted molar refractivity (Wildman–Crippen MR) is 65.8 cm³/mol. The third-order valence-electron chi connectivity index (χ3n) is 1.94. The maximum atomic E-state index is 10.6. The minimum absolute atomic E-state index is 0.116. The molecule has 0 spiro atoms. The number of hydrogen-bond acceptors (Lipinski definition) is 2. The van der Waals surface area contributed by atoms with Crippen molar-refractivity contribution in [2.45, 2.75) is 20.3 Å². The average Bonchev–Trinajstić information content (AvgIpc) is 2.25. The Hall–Kier alpha value is -1.20. The van der Waals surface area contributed by atoms with Crippen molar-refractivity contribution < 1.29 is 4.79 Å². The van der Waals surface area contributed by atoms with Gasteiger partial charge in [0.1, 0.15) is 0 Å². The Morgan fingerprint density at radius 1 is 1.33 bits per heavy atom. The molecule has 1 aromatic rings. The Bertz CT molecular complexity index is 381. The molecule has 0 fully saturated rings. The molecule has 15 heavy (non-hydrogen) atoms. The van der Waals surface area contributed by atoms with Gasteiger partial charge >= 0.3 is 0 Å². The molecular formula is C13H14OS. The van der Waals surface area contributed by atoms with E-state index in [0.29, 0.717) is 5.75 Å². The van der Waals surface area contributed by atoms with Crippen molar-refractivity contribution >= 4 is 16.9 Å². The highest BCUT2D eigenvalue weighted by molar-refractivity contribution is 8.13. The first-order valence-electron chi connectivity index (χ1n) is 4.93. The molecule has 78 valence electrons. The van der Waals surface area contributed by atoms with Crippen molar-refractivity contribution in [1.82, 2.24) is 0 Å². The molecule has 1 rings (SSSR count). The molecule has 0 aliphatic rings. The SMILES string of the molecule is CCc1ccc(C#CCSC(C)=O)cc1. The van der Waals surface area contributed by atoms with Crippen molar-refractivity contribution in [2.24, 2.45) is 0 Å². The van der Waals surface area contributed by atoms with Crippen LogP contribution in [0, 0.1) is 11.8 Å². The predicted octanol–water partition coefficient (Wildman–Crippen LogP) is 2.88. The molecule has 2 heteroatoms. The van der Waals surface area contributed by atoms with Crippen LogP contribution in [0.5, 0.6) is 0 Å². The van der Waals surface area contributed by atoms with Crippen LogP contribution in [0.3, 0.4) is 0 Å². The maximum absolute atomic E-state index is 10.6. The van der Waals surface area contributed by atoms with Gasteiger partial charge < -0.3 is 0 Å². The zero-order valence-corrected chi connectivity index (χ0v) is 9.86. The lowest BCUT2D eigenvalue weighted by atomic mass is 10.1. The van der Waals surface area contributed by atoms with E-state index in [1.165, 1.54) is 17.3 Å². The summed E-state index contributed by atoms with van der Waals surface area (Å²) in [6, 6.07) is 8.21. The minimum atomic E-state index is 0.116. The summed E-state index contributed by atoms with van der Waals surface area (Å²) in [5.74, 6) is 6.57. The number of aryl methyl sites for hydroxylation is 1. The lowest BCUT2D eigenvalue weighted by Crippen LogP contribution is -1.83. The molecule has 0 aliphatic carbocycles. The minimum Gasteiger partial charge on any atom is -0.288 e. The fourth-order valence-corrected chi connectivity index (χ4v) is 1.45. The summed E-state index contributed by atoms with van der Waals surface area (Å²) in [6.07, 6.45) is 1.05. The summed E-state index contributed by atoms with van der Waals surface area (Å²) in [4.78, 5) is 10.6. The van der Waals surface area contributed by atoms with Gasteiger partial charge in [-0.2, -0.15) is 0 Å². The molecule has 0 atom stereocenters. The van der Waals surface area contributed by atoms with Gasteiger partial charge in [-0.05, 0) is 24.1 Å². The second-order valence-electron chi connectivity index (χ2n) is 3.13. The van der Waals surface area contributed by atoms with E-state index in [1.54, 1.807) is 6.92 Å². The van der Waals surface area contributed by atoms with Gasteiger partial charge in [-0.1, -0.05) is 42.7 Å². The summed E-state index contributed by atoms with van der Waals surface area (Å²) >= 11 is 1.25. The molecule has 0 radical (unpaired) electrons. The molecular weight excluding hydrogens is 204 g/mol. The van der Waals surface area contributed by atoms with Crippen LogP contribution in [0.2, 0.25) is 0 Å². The number of thioether (sulfide) groups is 1. The Morgan fingerprint density at radius 3 is 2.53 bits per heavy atom. The first-order chi connectivity index (χ1) is 7.22. The number of carbonyl (C=O) groups excluding carboxylic acids is 1. The van der Waals surface area contributed by atoms with Crippen LogP contribution in [0.1, 0.15) is 25.0 Å². The van der Waals surface area contributed by atoms with Crippen molar-refractivity contribution in [1.29, 1.82) is 0 Å². The zero-order valence-electron chi connectivity index (χ0n) is 9.04. The number of benzene rings is 1. The molecule has 0 bridgehead atoms. The topological polar surface area (TPSA) is 17.1 Å². The molecule has 1 nitrogen and oxygen atoms in total. The fourth-order valence-electron chi connectivity index (χ4n) is 1.10. The summed E-state index contributed by atoms with van der Waals surface area (Å²) in [7, 11) is 0. The first-order valence-corrected chi connectivity index (χ1v) is 5.92. The Balaban J connectivity index is 2.52. The zero-order chi connectivity index (χ0) is 11.1. The van der Waals surface area contributed by atoms with Crippen LogP contribution >= 0.6 is 11.8 Å². The summed E-state index contributed by atoms with van der Waals surface area (Å²) in [5.41, 5.74) is 2.33. The third-order valence-corrected chi connectivity index (χ3v) is 2.64. The molecule has 0 N–H and O–H groups in total. The fraction of sp³-hybridized carbons (Fsp3) is 0.308. The van der Waals surface area contributed by atoms with Gasteiger partial charge in [0.05, 0.1) is 5.75 Å². The van der Waals surface area contributed by atoms with E-state index < -0.39 is 0 Å². The quantitative estimate of drug-likeness (QED) is 0.710. The van der Waals surface area contributed by atoms with E-state index >= 15 is 0 Å². The molecule has 0 heterocycles. The monoisotopic (exact) mass is 218 g/mol. The Kier molecular flexibility index (Phi) is 5.00. The van der Waals surface area contributed by atoms with E-state index in [-0.39, 0.29) is 5.12 Å². The molecule has 0 aliphatic heterocycles. The van der Waals surface area contributed by atoms with Crippen LogP contribution < -0.4 is 0 Å². The van der Waals surface area contributed by atoms with Crippen LogP contribution in [-0.2, 0) is 11.2 Å². The highest BCUT2D eigenvalue weighted by Crippen LogP contribution is 2.04. The summed E-state index contributed by atoms with van der Waals surface area (Å²) in [5, 5.41) is 0.116. The van der Waals surface area contributed by atoms with E-state index in [1.807, 2.05) is 12.1 Å². The number of carbonyl (C=O) groups is 1. The van der Waals surface area contributed by atoms with Crippen molar-refractivity contribution in [3.05, 3.63) is 35.4 Å². The average molecular weight is 218 g/mol. The standard InChI is InChI=1S/C13H14OS/c1-3-12-6-8-13(9-7-12)5-4-10-15-11(2)14/h6-9H,3,10H2,1-2H3. The van der Waals surface area contributed by atoms with Crippen molar-refractivity contribution in [2.75, 3.05) is 5.75 Å². The molecule has 0 unspecified atom stereocenters. The van der Waals surface area contributed by atoms with Gasteiger partial charge in [-0.25, -0.2) is 0 Å².